The predicted molar refractivity (Wildman–Crippen MR) is 74.2 cm³/mol. The highest BCUT2D eigenvalue weighted by Gasteiger charge is 2.09. The smallest absolute Gasteiger partial charge is 0.0726 e. The van der Waals surface area contributed by atoms with Crippen molar-refractivity contribution >= 4 is 10.8 Å². The Hall–Kier alpha value is -2.19. The summed E-state index contributed by atoms with van der Waals surface area (Å²) in [5.74, 6) is 0. The highest BCUT2D eigenvalue weighted by Crippen LogP contribution is 2.22. The van der Waals surface area contributed by atoms with Crippen LogP contribution in [0.3, 0.4) is 0 Å². The lowest BCUT2D eigenvalue weighted by Crippen LogP contribution is -2.13. The van der Waals surface area contributed by atoms with Gasteiger partial charge in [-0.1, -0.05) is 42.5 Å². The lowest BCUT2D eigenvalue weighted by Gasteiger charge is -2.12. The van der Waals surface area contributed by atoms with E-state index in [9.17, 15) is 0 Å². The Balaban J connectivity index is 2.04. The highest BCUT2D eigenvalue weighted by molar-refractivity contribution is 5.83. The van der Waals surface area contributed by atoms with E-state index in [4.69, 9.17) is 5.73 Å². The quantitative estimate of drug-likeness (QED) is 0.739. The van der Waals surface area contributed by atoms with E-state index < -0.39 is 0 Å². The Morgan fingerprint density at radius 2 is 1.61 bits per heavy atom. The summed E-state index contributed by atoms with van der Waals surface area (Å²) in [6, 6.07) is 20.2. The van der Waals surface area contributed by atoms with Crippen LogP contribution in [0.5, 0.6) is 0 Å². The summed E-state index contributed by atoms with van der Waals surface area (Å²) in [7, 11) is 0. The van der Waals surface area contributed by atoms with E-state index in [-0.39, 0.29) is 6.04 Å². The van der Waals surface area contributed by atoms with Crippen molar-refractivity contribution in [3.05, 3.63) is 78.1 Å². The normalized spacial score (nSPS) is 12.5. The maximum absolute atomic E-state index is 6.24. The van der Waals surface area contributed by atoms with Crippen LogP contribution in [-0.4, -0.2) is 4.98 Å². The maximum Gasteiger partial charge on any atom is 0.0726 e. The molecule has 1 aromatic heterocycles. The molecular formula is C16H14N2. The summed E-state index contributed by atoms with van der Waals surface area (Å²) >= 11 is 0. The molecule has 2 heteroatoms. The molecule has 2 nitrogen and oxygen atoms in total. The maximum atomic E-state index is 6.24. The molecule has 0 saturated heterocycles. The number of aromatic nitrogens is 1. The molecule has 2 aromatic carbocycles. The molecule has 1 atom stereocenters. The minimum Gasteiger partial charge on any atom is -0.319 e. The van der Waals surface area contributed by atoms with Crippen LogP contribution in [0.4, 0.5) is 0 Å². The van der Waals surface area contributed by atoms with Crippen LogP contribution < -0.4 is 5.73 Å². The molecule has 18 heavy (non-hydrogen) atoms. The number of pyridine rings is 1. The van der Waals surface area contributed by atoms with Crippen LogP contribution in [0.15, 0.2) is 66.9 Å². The molecule has 0 aliphatic rings. The van der Waals surface area contributed by atoms with Gasteiger partial charge < -0.3 is 5.73 Å². The fourth-order valence-corrected chi connectivity index (χ4v) is 2.13. The zero-order valence-corrected chi connectivity index (χ0v) is 9.95. The molecule has 3 rings (SSSR count). The molecule has 1 heterocycles. The van der Waals surface area contributed by atoms with Crippen LogP contribution >= 0.6 is 0 Å². The van der Waals surface area contributed by atoms with E-state index in [1.54, 1.807) is 6.20 Å². The zero-order valence-electron chi connectivity index (χ0n) is 9.95. The molecule has 2 N–H and O–H groups in total. The molecule has 88 valence electrons. The second kappa shape index (κ2) is 4.59. The molecule has 0 saturated carbocycles. The van der Waals surface area contributed by atoms with E-state index in [0.29, 0.717) is 0 Å². The molecule has 0 amide bonds. The fraction of sp³-hybridized carbons (Fsp3) is 0.0625. The van der Waals surface area contributed by atoms with Gasteiger partial charge in [0.1, 0.15) is 0 Å². The summed E-state index contributed by atoms with van der Waals surface area (Å²) in [6.07, 6.45) is 1.77. The third-order valence-corrected chi connectivity index (χ3v) is 3.14. The molecule has 0 fully saturated rings. The third kappa shape index (κ3) is 1.98. The summed E-state index contributed by atoms with van der Waals surface area (Å²) in [5, 5.41) is 2.44. The molecule has 0 spiro atoms. The summed E-state index contributed by atoms with van der Waals surface area (Å²) in [4.78, 5) is 4.31. The van der Waals surface area contributed by atoms with Crippen molar-refractivity contribution in [2.45, 2.75) is 6.04 Å². The molecule has 0 aliphatic carbocycles. The number of hydrogen-bond acceptors (Lipinski definition) is 2. The van der Waals surface area contributed by atoms with Crippen LogP contribution in [0.25, 0.3) is 10.8 Å². The average Bonchev–Trinajstić information content (AvgIpc) is 2.47. The van der Waals surface area contributed by atoms with Crippen molar-refractivity contribution in [1.82, 2.24) is 4.98 Å². The van der Waals surface area contributed by atoms with E-state index in [1.165, 1.54) is 10.8 Å². The zero-order chi connectivity index (χ0) is 12.4. The second-order valence-electron chi connectivity index (χ2n) is 4.34. The SMILES string of the molecule is NC(c1ccc2ccccc2c1)c1ccccn1. The monoisotopic (exact) mass is 234 g/mol. The highest BCUT2D eigenvalue weighted by atomic mass is 14.8. The first kappa shape index (κ1) is 10.9. The number of nitrogens with zero attached hydrogens (tertiary/aromatic N) is 1. The molecule has 1 unspecified atom stereocenters. The second-order valence-corrected chi connectivity index (χ2v) is 4.34. The van der Waals surface area contributed by atoms with E-state index in [2.05, 4.69) is 35.3 Å². The predicted octanol–water partition coefficient (Wildman–Crippen LogP) is 3.28. The van der Waals surface area contributed by atoms with Gasteiger partial charge in [-0.2, -0.15) is 0 Å². The van der Waals surface area contributed by atoms with Crippen molar-refractivity contribution < 1.29 is 0 Å². The molecule has 0 bridgehead atoms. The lowest BCUT2D eigenvalue weighted by atomic mass is 10.00. The standard InChI is InChI=1S/C16H14N2/c17-16(15-7-3-4-10-18-15)14-9-8-12-5-1-2-6-13(12)11-14/h1-11,16H,17H2. The van der Waals surface area contributed by atoms with Gasteiger partial charge in [0, 0.05) is 6.20 Å². The Morgan fingerprint density at radius 3 is 2.39 bits per heavy atom. The van der Waals surface area contributed by atoms with Gasteiger partial charge in [0.25, 0.3) is 0 Å². The minimum atomic E-state index is -0.171. The first-order valence-electron chi connectivity index (χ1n) is 6.00. The Bertz CT molecular complexity index is 662. The van der Waals surface area contributed by atoms with E-state index in [0.717, 1.165) is 11.3 Å². The topological polar surface area (TPSA) is 38.9 Å². The van der Waals surface area contributed by atoms with Crippen molar-refractivity contribution in [1.29, 1.82) is 0 Å². The molecule has 0 radical (unpaired) electrons. The molecular weight excluding hydrogens is 220 g/mol. The van der Waals surface area contributed by atoms with Crippen LogP contribution in [0.2, 0.25) is 0 Å². The summed E-state index contributed by atoms with van der Waals surface area (Å²) in [5.41, 5.74) is 8.23. The van der Waals surface area contributed by atoms with E-state index in [1.807, 2.05) is 30.3 Å². The van der Waals surface area contributed by atoms with Gasteiger partial charge in [0.05, 0.1) is 11.7 Å². The van der Waals surface area contributed by atoms with Gasteiger partial charge in [0.2, 0.25) is 0 Å². The van der Waals surface area contributed by atoms with Gasteiger partial charge in [-0.05, 0) is 34.5 Å². The van der Waals surface area contributed by atoms with Gasteiger partial charge in [-0.3, -0.25) is 4.98 Å². The van der Waals surface area contributed by atoms with E-state index >= 15 is 0 Å². The Labute approximate surface area is 106 Å². The van der Waals surface area contributed by atoms with Crippen LogP contribution in [-0.2, 0) is 0 Å². The average molecular weight is 234 g/mol. The van der Waals surface area contributed by atoms with Gasteiger partial charge in [-0.25, -0.2) is 0 Å². The minimum absolute atomic E-state index is 0.171. The molecule has 0 aliphatic heterocycles. The van der Waals surface area contributed by atoms with Crippen molar-refractivity contribution in [3.8, 4) is 0 Å². The Kier molecular flexibility index (Phi) is 2.79. The number of hydrogen-bond donors (Lipinski definition) is 1. The fourth-order valence-electron chi connectivity index (χ4n) is 2.13. The number of fused-ring (bicyclic) bond motifs is 1. The largest absolute Gasteiger partial charge is 0.319 e. The summed E-state index contributed by atoms with van der Waals surface area (Å²) in [6.45, 7) is 0. The van der Waals surface area contributed by atoms with Gasteiger partial charge >= 0.3 is 0 Å². The number of benzene rings is 2. The number of nitrogens with two attached hydrogens (primary N) is 1. The first-order chi connectivity index (χ1) is 8.84. The van der Waals surface area contributed by atoms with Crippen molar-refractivity contribution in [3.63, 3.8) is 0 Å². The van der Waals surface area contributed by atoms with Crippen LogP contribution in [0.1, 0.15) is 17.3 Å². The van der Waals surface area contributed by atoms with Gasteiger partial charge in [-0.15, -0.1) is 0 Å². The van der Waals surface area contributed by atoms with Crippen molar-refractivity contribution in [2.75, 3.05) is 0 Å². The van der Waals surface area contributed by atoms with Gasteiger partial charge in [0.15, 0.2) is 0 Å². The van der Waals surface area contributed by atoms with Crippen molar-refractivity contribution in [2.24, 2.45) is 5.73 Å². The first-order valence-corrected chi connectivity index (χ1v) is 6.00. The summed E-state index contributed by atoms with van der Waals surface area (Å²) < 4.78 is 0. The molecule has 3 aromatic rings. The van der Waals surface area contributed by atoms with Crippen LogP contribution in [0, 0.1) is 0 Å². The Morgan fingerprint density at radius 1 is 0.833 bits per heavy atom. The third-order valence-electron chi connectivity index (χ3n) is 3.14. The number of rotatable bonds is 2. The lowest BCUT2D eigenvalue weighted by molar-refractivity contribution is 0.830.